The summed E-state index contributed by atoms with van der Waals surface area (Å²) in [6, 6.07) is 4.02. The molecule has 2 heterocycles. The molecule has 1 N–H and O–H groups in total. The van der Waals surface area contributed by atoms with Crippen molar-refractivity contribution < 1.29 is 18.4 Å². The van der Waals surface area contributed by atoms with E-state index >= 15 is 0 Å². The van der Waals surface area contributed by atoms with Crippen LogP contribution in [0.15, 0.2) is 24.3 Å². The van der Waals surface area contributed by atoms with Crippen LogP contribution in [0.1, 0.15) is 25.7 Å². The van der Waals surface area contributed by atoms with E-state index in [2.05, 4.69) is 5.32 Å². The number of urea groups is 1. The van der Waals surface area contributed by atoms with Crippen LogP contribution in [0.5, 0.6) is 0 Å². The number of nitrogens with zero attached hydrogens (tertiary/aromatic N) is 2. The number of amides is 3. The monoisotopic (exact) mass is 337 g/mol. The molecule has 3 rings (SSSR count). The Bertz CT molecular complexity index is 602. The summed E-state index contributed by atoms with van der Waals surface area (Å²) in [5, 5.41) is 2.60. The fraction of sp³-hybridized carbons (Fsp3) is 0.529. The number of alkyl halides is 1. The Morgan fingerprint density at radius 1 is 1.08 bits per heavy atom. The number of likely N-dealkylation sites (tertiary alicyclic amines) is 2. The molecule has 24 heavy (non-hydrogen) atoms. The van der Waals surface area contributed by atoms with E-state index in [4.69, 9.17) is 0 Å². The summed E-state index contributed by atoms with van der Waals surface area (Å²) in [5.41, 5.74) is 0.410. The maximum absolute atomic E-state index is 13.9. The minimum Gasteiger partial charge on any atom is -0.341 e. The van der Waals surface area contributed by atoms with Gasteiger partial charge in [0.25, 0.3) is 0 Å². The fourth-order valence-corrected chi connectivity index (χ4v) is 3.30. The van der Waals surface area contributed by atoms with Gasteiger partial charge in [-0.05, 0) is 43.5 Å². The second-order valence-electron chi connectivity index (χ2n) is 6.32. The minimum atomic E-state index is -1.21. The van der Waals surface area contributed by atoms with Gasteiger partial charge in [0.05, 0.1) is 6.54 Å². The van der Waals surface area contributed by atoms with Crippen molar-refractivity contribution in [2.45, 2.75) is 37.9 Å². The number of benzene rings is 1. The van der Waals surface area contributed by atoms with Crippen molar-refractivity contribution in [3.05, 3.63) is 30.1 Å². The highest BCUT2D eigenvalue weighted by Gasteiger charge is 2.41. The van der Waals surface area contributed by atoms with Gasteiger partial charge in [0.1, 0.15) is 18.0 Å². The predicted octanol–water partition coefficient (Wildman–Crippen LogP) is 2.78. The zero-order chi connectivity index (χ0) is 17.1. The van der Waals surface area contributed by atoms with Gasteiger partial charge in [-0.15, -0.1) is 0 Å². The van der Waals surface area contributed by atoms with Gasteiger partial charge in [-0.2, -0.15) is 0 Å². The molecule has 2 aliphatic rings. The highest BCUT2D eigenvalue weighted by Crippen LogP contribution is 2.25. The first-order valence-electron chi connectivity index (χ1n) is 8.30. The maximum atomic E-state index is 13.9. The first-order valence-corrected chi connectivity index (χ1v) is 8.30. The second kappa shape index (κ2) is 7.15. The molecular weight excluding hydrogens is 316 g/mol. The molecule has 0 spiro atoms. The molecule has 1 aromatic rings. The number of halogens is 2. The molecule has 130 valence electrons. The van der Waals surface area contributed by atoms with Crippen molar-refractivity contribution in [1.82, 2.24) is 9.80 Å². The molecule has 5 nitrogen and oxygen atoms in total. The highest BCUT2D eigenvalue weighted by atomic mass is 19.1. The number of carbonyl (C=O) groups excluding carboxylic acids is 2. The molecule has 3 amide bonds. The topological polar surface area (TPSA) is 52.7 Å². The van der Waals surface area contributed by atoms with Crippen LogP contribution < -0.4 is 5.32 Å². The van der Waals surface area contributed by atoms with Crippen LogP contribution in [-0.4, -0.2) is 53.6 Å². The summed E-state index contributed by atoms with van der Waals surface area (Å²) in [7, 11) is 0. The molecule has 2 fully saturated rings. The van der Waals surface area contributed by atoms with E-state index in [1.165, 1.54) is 29.2 Å². The lowest BCUT2D eigenvalue weighted by Crippen LogP contribution is -2.50. The third kappa shape index (κ3) is 3.66. The normalized spacial score (nSPS) is 24.1. The van der Waals surface area contributed by atoms with Crippen LogP contribution in [-0.2, 0) is 4.79 Å². The lowest BCUT2D eigenvalue weighted by atomic mass is 10.1. The van der Waals surface area contributed by atoms with Crippen molar-refractivity contribution in [3.63, 3.8) is 0 Å². The minimum absolute atomic E-state index is 0.0339. The molecule has 0 unspecified atom stereocenters. The van der Waals surface area contributed by atoms with E-state index < -0.39 is 24.1 Å². The quantitative estimate of drug-likeness (QED) is 0.902. The van der Waals surface area contributed by atoms with Gasteiger partial charge in [0.2, 0.25) is 5.91 Å². The van der Waals surface area contributed by atoms with Crippen molar-refractivity contribution in [2.24, 2.45) is 0 Å². The third-order valence-electron chi connectivity index (χ3n) is 4.56. The Morgan fingerprint density at radius 2 is 1.75 bits per heavy atom. The molecular formula is C17H21F2N3O2. The predicted molar refractivity (Wildman–Crippen MR) is 85.9 cm³/mol. The fourth-order valence-electron chi connectivity index (χ4n) is 3.30. The van der Waals surface area contributed by atoms with Crippen molar-refractivity contribution in [3.8, 4) is 0 Å². The number of hydrogen-bond acceptors (Lipinski definition) is 2. The average molecular weight is 337 g/mol. The smallest absolute Gasteiger partial charge is 0.322 e. The van der Waals surface area contributed by atoms with Gasteiger partial charge in [-0.1, -0.05) is 0 Å². The van der Waals surface area contributed by atoms with Crippen molar-refractivity contribution >= 4 is 17.6 Å². The van der Waals surface area contributed by atoms with E-state index in [0.29, 0.717) is 18.8 Å². The van der Waals surface area contributed by atoms with E-state index in [1.807, 2.05) is 0 Å². The van der Waals surface area contributed by atoms with Crippen LogP contribution >= 0.6 is 0 Å². The van der Waals surface area contributed by atoms with Crippen LogP contribution in [0.4, 0.5) is 19.3 Å². The summed E-state index contributed by atoms with van der Waals surface area (Å²) < 4.78 is 26.8. The summed E-state index contributed by atoms with van der Waals surface area (Å²) in [4.78, 5) is 28.1. The van der Waals surface area contributed by atoms with E-state index in [0.717, 1.165) is 19.3 Å². The van der Waals surface area contributed by atoms with Gasteiger partial charge in [-0.3, -0.25) is 4.79 Å². The lowest BCUT2D eigenvalue weighted by Gasteiger charge is -2.32. The number of rotatable bonds is 2. The number of anilines is 1. The lowest BCUT2D eigenvalue weighted by molar-refractivity contribution is -0.136. The van der Waals surface area contributed by atoms with Gasteiger partial charge in [-0.25, -0.2) is 13.6 Å². The number of hydrogen-bond donors (Lipinski definition) is 1. The molecule has 0 saturated carbocycles. The van der Waals surface area contributed by atoms with E-state index in [9.17, 15) is 18.4 Å². The van der Waals surface area contributed by atoms with Gasteiger partial charge in [0.15, 0.2) is 0 Å². The van der Waals surface area contributed by atoms with Crippen LogP contribution in [0.25, 0.3) is 0 Å². The molecule has 7 heteroatoms. The summed E-state index contributed by atoms with van der Waals surface area (Å²) >= 11 is 0. The van der Waals surface area contributed by atoms with Crippen molar-refractivity contribution in [1.29, 1.82) is 0 Å². The molecule has 0 radical (unpaired) electrons. The van der Waals surface area contributed by atoms with E-state index in [1.54, 1.807) is 4.90 Å². The Hall–Kier alpha value is -2.18. The number of carbonyl (C=O) groups is 2. The molecule has 0 bridgehead atoms. The zero-order valence-electron chi connectivity index (χ0n) is 13.4. The Kier molecular flexibility index (Phi) is 4.97. The summed E-state index contributed by atoms with van der Waals surface area (Å²) in [6.45, 7) is 1.23. The molecule has 2 saturated heterocycles. The molecule has 0 aliphatic carbocycles. The molecule has 1 aromatic carbocycles. The van der Waals surface area contributed by atoms with Crippen LogP contribution in [0, 0.1) is 5.82 Å². The molecule has 2 atom stereocenters. The maximum Gasteiger partial charge on any atom is 0.322 e. The Labute approximate surface area is 139 Å². The first-order chi connectivity index (χ1) is 11.5. The second-order valence-corrected chi connectivity index (χ2v) is 6.32. The van der Waals surface area contributed by atoms with Crippen molar-refractivity contribution in [2.75, 3.05) is 25.0 Å². The average Bonchev–Trinajstić information content (AvgIpc) is 2.99. The molecule has 0 aromatic heterocycles. The SMILES string of the molecule is O=C([C@@H]1C[C@H](F)CN1C(=O)Nc1ccc(F)cc1)N1CCCCC1. The van der Waals surface area contributed by atoms with Crippen LogP contribution in [0.3, 0.4) is 0 Å². The standard InChI is InChI=1S/C17H21F2N3O2/c18-12-4-6-14(7-5-12)20-17(24)22-11-13(19)10-15(22)16(23)21-8-2-1-3-9-21/h4-7,13,15H,1-3,8-11H2,(H,20,24)/t13-,15-/m0/s1. The van der Waals surface area contributed by atoms with Gasteiger partial charge < -0.3 is 15.1 Å². The third-order valence-corrected chi connectivity index (χ3v) is 4.56. The van der Waals surface area contributed by atoms with Gasteiger partial charge >= 0.3 is 6.03 Å². The first kappa shape index (κ1) is 16.7. The summed E-state index contributed by atoms with van der Waals surface area (Å²) in [6.07, 6.45) is 1.81. The Morgan fingerprint density at radius 3 is 2.42 bits per heavy atom. The summed E-state index contributed by atoms with van der Waals surface area (Å²) in [5.74, 6) is -0.583. The highest BCUT2D eigenvalue weighted by molar-refractivity contribution is 5.94. The Balaban J connectivity index is 1.68. The van der Waals surface area contributed by atoms with Crippen LogP contribution in [0.2, 0.25) is 0 Å². The van der Waals surface area contributed by atoms with E-state index in [-0.39, 0.29) is 18.9 Å². The number of nitrogens with one attached hydrogen (secondary N) is 1. The van der Waals surface area contributed by atoms with Gasteiger partial charge in [0, 0.05) is 25.2 Å². The zero-order valence-corrected chi connectivity index (χ0v) is 13.4. The molecule has 2 aliphatic heterocycles. The largest absolute Gasteiger partial charge is 0.341 e. The number of piperidine rings is 1.